The lowest BCUT2D eigenvalue weighted by molar-refractivity contribution is -0.133. The first kappa shape index (κ1) is 21.3. The van der Waals surface area contributed by atoms with Gasteiger partial charge in [-0.2, -0.15) is 4.98 Å². The van der Waals surface area contributed by atoms with E-state index in [0.717, 1.165) is 16.8 Å². The molecule has 2 aliphatic heterocycles. The minimum absolute atomic E-state index is 0.0117. The molecule has 4 rings (SSSR count). The number of hydrogen-bond acceptors (Lipinski definition) is 8. The SMILES string of the molecule is CC(C)(C)CC(=O)N1CCN(c2nc(-c3ccc(C=N)c(NC4COC4)c3)no2)CC1. The first-order valence-corrected chi connectivity index (χ1v) is 10.7. The molecule has 0 bridgehead atoms. The molecular formula is C22H30N6O3. The summed E-state index contributed by atoms with van der Waals surface area (Å²) in [5, 5.41) is 15.2. The van der Waals surface area contributed by atoms with Crippen molar-refractivity contribution >= 4 is 23.8 Å². The Bertz CT molecular complexity index is 939. The number of carbonyl (C=O) groups is 1. The molecule has 1 amide bonds. The van der Waals surface area contributed by atoms with Crippen LogP contribution in [0.2, 0.25) is 0 Å². The summed E-state index contributed by atoms with van der Waals surface area (Å²) in [4.78, 5) is 21.0. The van der Waals surface area contributed by atoms with Crippen molar-refractivity contribution in [2.45, 2.75) is 33.2 Å². The van der Waals surface area contributed by atoms with Gasteiger partial charge in [0, 0.05) is 55.6 Å². The lowest BCUT2D eigenvalue weighted by Gasteiger charge is -2.34. The summed E-state index contributed by atoms with van der Waals surface area (Å²) in [6.45, 7) is 10.2. The maximum atomic E-state index is 12.5. The van der Waals surface area contributed by atoms with Crippen molar-refractivity contribution in [2.24, 2.45) is 5.41 Å². The summed E-state index contributed by atoms with van der Waals surface area (Å²) in [6.07, 6.45) is 1.88. The van der Waals surface area contributed by atoms with E-state index in [2.05, 4.69) is 36.2 Å². The van der Waals surface area contributed by atoms with Crippen LogP contribution in [0.5, 0.6) is 0 Å². The molecule has 3 heterocycles. The molecule has 1 aromatic heterocycles. The van der Waals surface area contributed by atoms with Gasteiger partial charge < -0.3 is 29.8 Å². The molecule has 9 heteroatoms. The molecule has 0 saturated carbocycles. The first-order valence-electron chi connectivity index (χ1n) is 10.7. The fourth-order valence-corrected chi connectivity index (χ4v) is 3.66. The Kier molecular flexibility index (Phi) is 5.95. The number of rotatable bonds is 6. The van der Waals surface area contributed by atoms with E-state index >= 15 is 0 Å². The van der Waals surface area contributed by atoms with Gasteiger partial charge in [-0.05, 0) is 11.5 Å². The van der Waals surface area contributed by atoms with Crippen molar-refractivity contribution in [3.63, 3.8) is 0 Å². The Balaban J connectivity index is 1.41. The Morgan fingerprint density at radius 1 is 1.26 bits per heavy atom. The summed E-state index contributed by atoms with van der Waals surface area (Å²) in [5.41, 5.74) is 2.47. The Morgan fingerprint density at radius 2 is 2.00 bits per heavy atom. The van der Waals surface area contributed by atoms with E-state index in [1.165, 1.54) is 6.21 Å². The molecule has 0 spiro atoms. The van der Waals surface area contributed by atoms with Crippen LogP contribution in [0.4, 0.5) is 11.7 Å². The number of carbonyl (C=O) groups excluding carboxylic acids is 1. The third kappa shape index (κ3) is 5.04. The second kappa shape index (κ2) is 8.66. The summed E-state index contributed by atoms with van der Waals surface area (Å²) >= 11 is 0. The van der Waals surface area contributed by atoms with Crippen molar-refractivity contribution in [2.75, 3.05) is 49.6 Å². The predicted molar refractivity (Wildman–Crippen MR) is 119 cm³/mol. The van der Waals surface area contributed by atoms with Crippen molar-refractivity contribution in [1.29, 1.82) is 5.41 Å². The summed E-state index contributed by atoms with van der Waals surface area (Å²) < 4.78 is 10.7. The molecule has 9 nitrogen and oxygen atoms in total. The molecule has 0 radical (unpaired) electrons. The smallest absolute Gasteiger partial charge is 0.324 e. The molecule has 2 aliphatic rings. The van der Waals surface area contributed by atoms with E-state index in [9.17, 15) is 4.79 Å². The fraction of sp³-hybridized carbons (Fsp3) is 0.545. The molecule has 1 aromatic carbocycles. The van der Waals surface area contributed by atoms with Gasteiger partial charge >= 0.3 is 6.01 Å². The quantitative estimate of drug-likeness (QED) is 0.684. The predicted octanol–water partition coefficient (Wildman–Crippen LogP) is 2.63. The van der Waals surface area contributed by atoms with Gasteiger partial charge in [0.2, 0.25) is 11.7 Å². The lowest BCUT2D eigenvalue weighted by Crippen LogP contribution is -2.49. The molecule has 0 unspecified atom stereocenters. The molecule has 0 aliphatic carbocycles. The van der Waals surface area contributed by atoms with Crippen molar-refractivity contribution in [3.05, 3.63) is 23.8 Å². The van der Waals surface area contributed by atoms with Gasteiger partial charge in [0.05, 0.1) is 19.3 Å². The number of amides is 1. The number of aromatic nitrogens is 2. The molecule has 2 aromatic rings. The highest BCUT2D eigenvalue weighted by molar-refractivity contribution is 5.87. The maximum absolute atomic E-state index is 12.5. The van der Waals surface area contributed by atoms with Crippen molar-refractivity contribution in [3.8, 4) is 11.4 Å². The second-order valence-corrected chi connectivity index (χ2v) is 9.33. The van der Waals surface area contributed by atoms with Gasteiger partial charge in [-0.25, -0.2) is 0 Å². The number of anilines is 2. The van der Waals surface area contributed by atoms with E-state index in [1.807, 2.05) is 28.0 Å². The standard InChI is InChI=1S/C22H30N6O3/c1-22(2,3)11-19(29)27-6-8-28(9-7-27)21-25-20(26-31-21)15-4-5-16(12-23)18(10-15)24-17-13-30-14-17/h4-5,10,12,17,23-24H,6-9,11,13-14H2,1-3H3. The Hall–Kier alpha value is -2.94. The van der Waals surface area contributed by atoms with Crippen LogP contribution in [0.1, 0.15) is 32.8 Å². The number of ether oxygens (including phenoxy) is 1. The van der Waals surface area contributed by atoms with Crippen molar-refractivity contribution < 1.29 is 14.1 Å². The zero-order chi connectivity index (χ0) is 22.0. The van der Waals surface area contributed by atoms with Crippen molar-refractivity contribution in [1.82, 2.24) is 15.0 Å². The number of nitrogens with one attached hydrogen (secondary N) is 2. The number of benzene rings is 1. The molecule has 2 N–H and O–H groups in total. The largest absolute Gasteiger partial charge is 0.377 e. The van der Waals surface area contributed by atoms with Crippen LogP contribution in [0.15, 0.2) is 22.7 Å². The van der Waals surface area contributed by atoms with Crippen LogP contribution >= 0.6 is 0 Å². The zero-order valence-electron chi connectivity index (χ0n) is 18.4. The number of nitrogens with zero attached hydrogens (tertiary/aromatic N) is 4. The van der Waals surface area contributed by atoms with Crippen LogP contribution in [0.3, 0.4) is 0 Å². The minimum Gasteiger partial charge on any atom is -0.377 e. The lowest BCUT2D eigenvalue weighted by atomic mass is 9.91. The van der Waals surface area contributed by atoms with Gasteiger partial charge in [0.1, 0.15) is 0 Å². The monoisotopic (exact) mass is 426 g/mol. The second-order valence-electron chi connectivity index (χ2n) is 9.33. The van der Waals surface area contributed by atoms with Crippen LogP contribution in [0.25, 0.3) is 11.4 Å². The molecule has 31 heavy (non-hydrogen) atoms. The summed E-state index contributed by atoms with van der Waals surface area (Å²) in [5.74, 6) is 0.701. The highest BCUT2D eigenvalue weighted by Gasteiger charge is 2.27. The molecule has 2 fully saturated rings. The summed E-state index contributed by atoms with van der Waals surface area (Å²) in [7, 11) is 0. The third-order valence-electron chi connectivity index (χ3n) is 5.46. The third-order valence-corrected chi connectivity index (χ3v) is 5.46. The van der Waals surface area contributed by atoms with Gasteiger partial charge in [-0.15, -0.1) is 0 Å². The van der Waals surface area contributed by atoms with Gasteiger partial charge in [-0.3, -0.25) is 4.79 Å². The van der Waals surface area contributed by atoms with Crippen LogP contribution in [-0.2, 0) is 9.53 Å². The van der Waals surface area contributed by atoms with Gasteiger partial charge in [0.25, 0.3) is 0 Å². The molecule has 0 atom stereocenters. The van der Waals surface area contributed by atoms with E-state index in [-0.39, 0.29) is 17.4 Å². The van der Waals surface area contributed by atoms with E-state index < -0.39 is 0 Å². The first-order chi connectivity index (χ1) is 14.8. The minimum atomic E-state index is -0.0117. The topological polar surface area (TPSA) is 108 Å². The highest BCUT2D eigenvalue weighted by atomic mass is 16.5. The van der Waals surface area contributed by atoms with E-state index in [0.29, 0.717) is 57.7 Å². The average molecular weight is 427 g/mol. The Labute approximate surface area is 182 Å². The summed E-state index contributed by atoms with van der Waals surface area (Å²) in [6, 6.07) is 6.43. The average Bonchev–Trinajstić information content (AvgIpc) is 3.19. The maximum Gasteiger partial charge on any atom is 0.324 e. The normalized spacial score (nSPS) is 17.4. The van der Waals surface area contributed by atoms with Gasteiger partial charge in [-0.1, -0.05) is 38.1 Å². The number of hydrogen-bond donors (Lipinski definition) is 2. The molecular weight excluding hydrogens is 396 g/mol. The fourth-order valence-electron chi connectivity index (χ4n) is 3.66. The van der Waals surface area contributed by atoms with Crippen LogP contribution in [-0.4, -0.2) is 72.6 Å². The Morgan fingerprint density at radius 3 is 2.61 bits per heavy atom. The number of piperazine rings is 1. The van der Waals surface area contributed by atoms with Gasteiger partial charge in [0.15, 0.2) is 0 Å². The van der Waals surface area contributed by atoms with E-state index in [1.54, 1.807) is 0 Å². The van der Waals surface area contributed by atoms with Crippen LogP contribution < -0.4 is 10.2 Å². The molecule has 2 saturated heterocycles. The van der Waals surface area contributed by atoms with E-state index in [4.69, 9.17) is 14.7 Å². The highest BCUT2D eigenvalue weighted by Crippen LogP contribution is 2.27. The van der Waals surface area contributed by atoms with Crippen LogP contribution in [0, 0.1) is 10.8 Å². The molecule has 166 valence electrons. The zero-order valence-corrected chi connectivity index (χ0v) is 18.4.